The van der Waals surface area contributed by atoms with E-state index >= 15 is 0 Å². The Kier molecular flexibility index (Phi) is 6.27. The number of halogens is 1. The van der Waals surface area contributed by atoms with Crippen LogP contribution in [-0.4, -0.2) is 19.1 Å². The number of amides is 1. The third kappa shape index (κ3) is 5.63. The van der Waals surface area contributed by atoms with Crippen molar-refractivity contribution in [1.29, 1.82) is 0 Å². The van der Waals surface area contributed by atoms with Gasteiger partial charge in [0.15, 0.2) is 0 Å². The van der Waals surface area contributed by atoms with Crippen LogP contribution in [0.4, 0.5) is 11.4 Å². The van der Waals surface area contributed by atoms with E-state index in [2.05, 4.69) is 17.2 Å². The first-order valence-corrected chi connectivity index (χ1v) is 7.99. The van der Waals surface area contributed by atoms with Gasteiger partial charge >= 0.3 is 0 Å². The van der Waals surface area contributed by atoms with Gasteiger partial charge in [0.25, 0.3) is 0 Å². The lowest BCUT2D eigenvalue weighted by Crippen LogP contribution is -2.21. The third-order valence-electron chi connectivity index (χ3n) is 3.25. The Morgan fingerprint density at radius 2 is 1.83 bits per heavy atom. The van der Waals surface area contributed by atoms with Crippen LogP contribution in [0.5, 0.6) is 5.75 Å². The molecule has 0 aromatic heterocycles. The van der Waals surface area contributed by atoms with Crippen LogP contribution in [0.3, 0.4) is 0 Å². The van der Waals surface area contributed by atoms with Crippen LogP contribution >= 0.6 is 11.6 Å². The van der Waals surface area contributed by atoms with Gasteiger partial charge in [-0.2, -0.15) is 0 Å². The predicted octanol–water partition coefficient (Wildman–Crippen LogP) is 4.65. The molecule has 0 aliphatic carbocycles. The molecule has 2 aromatic carbocycles. The predicted molar refractivity (Wildman–Crippen MR) is 100 cm³/mol. The van der Waals surface area contributed by atoms with Gasteiger partial charge in [-0.05, 0) is 61.4 Å². The number of anilines is 2. The fourth-order valence-electron chi connectivity index (χ4n) is 1.93. The van der Waals surface area contributed by atoms with Crippen molar-refractivity contribution >= 4 is 28.9 Å². The molecule has 0 saturated carbocycles. The number of carbonyl (C=O) groups excluding carboxylic acids is 1. The van der Waals surface area contributed by atoms with E-state index in [9.17, 15) is 4.79 Å². The molecule has 0 atom stereocenters. The number of nitrogens with one attached hydrogen (secondary N) is 2. The van der Waals surface area contributed by atoms with Crippen LogP contribution < -0.4 is 15.4 Å². The average Bonchev–Trinajstić information content (AvgIpc) is 2.55. The number of hydrogen-bond acceptors (Lipinski definition) is 3. The third-order valence-corrected chi connectivity index (χ3v) is 3.66. The molecule has 0 bridgehead atoms. The van der Waals surface area contributed by atoms with Crippen LogP contribution in [-0.2, 0) is 4.79 Å². The standard InChI is InChI=1S/C19H21ClN2O2/c1-13(2)12-24-17-8-6-15(7-9-17)22-19(23)11-21-16-5-4-14(3)18(20)10-16/h4-10,21H,1,11-12H2,2-3H3,(H,22,23). The van der Waals surface area contributed by atoms with Crippen molar-refractivity contribution in [3.8, 4) is 5.75 Å². The summed E-state index contributed by atoms with van der Waals surface area (Å²) in [5, 5.41) is 6.54. The molecule has 0 fully saturated rings. The van der Waals surface area contributed by atoms with E-state index in [1.54, 1.807) is 18.2 Å². The van der Waals surface area contributed by atoms with E-state index in [1.807, 2.05) is 38.1 Å². The molecule has 1 amide bonds. The highest BCUT2D eigenvalue weighted by Crippen LogP contribution is 2.20. The molecular weight excluding hydrogens is 324 g/mol. The maximum absolute atomic E-state index is 12.0. The van der Waals surface area contributed by atoms with Crippen LogP contribution in [0.15, 0.2) is 54.6 Å². The number of ether oxygens (including phenoxy) is 1. The van der Waals surface area contributed by atoms with E-state index in [0.29, 0.717) is 17.3 Å². The van der Waals surface area contributed by atoms with Crippen molar-refractivity contribution in [3.63, 3.8) is 0 Å². The van der Waals surface area contributed by atoms with Gasteiger partial charge in [-0.15, -0.1) is 0 Å². The number of rotatable bonds is 7. The lowest BCUT2D eigenvalue weighted by atomic mass is 10.2. The fraction of sp³-hybridized carbons (Fsp3) is 0.211. The van der Waals surface area contributed by atoms with E-state index < -0.39 is 0 Å². The summed E-state index contributed by atoms with van der Waals surface area (Å²) >= 11 is 6.06. The summed E-state index contributed by atoms with van der Waals surface area (Å²) in [5.74, 6) is 0.603. The second-order valence-corrected chi connectivity index (χ2v) is 6.04. The molecule has 4 nitrogen and oxygen atoms in total. The second-order valence-electron chi connectivity index (χ2n) is 5.64. The number of carbonyl (C=O) groups is 1. The first-order chi connectivity index (χ1) is 11.4. The molecule has 0 unspecified atom stereocenters. The SMILES string of the molecule is C=C(C)COc1ccc(NC(=O)CNc2ccc(C)c(Cl)c2)cc1. The molecule has 0 aliphatic rings. The zero-order valence-electron chi connectivity index (χ0n) is 13.9. The van der Waals surface area contributed by atoms with Crippen molar-refractivity contribution in [1.82, 2.24) is 0 Å². The Morgan fingerprint density at radius 3 is 2.46 bits per heavy atom. The Balaban J connectivity index is 1.83. The molecule has 0 spiro atoms. The molecule has 0 saturated heterocycles. The Bertz CT molecular complexity index is 727. The number of hydrogen-bond donors (Lipinski definition) is 2. The smallest absolute Gasteiger partial charge is 0.243 e. The summed E-state index contributed by atoms with van der Waals surface area (Å²) in [6.45, 7) is 8.27. The highest BCUT2D eigenvalue weighted by molar-refractivity contribution is 6.31. The molecule has 2 N–H and O–H groups in total. The van der Waals surface area contributed by atoms with Gasteiger partial charge in [0.1, 0.15) is 12.4 Å². The molecular formula is C19H21ClN2O2. The summed E-state index contributed by atoms with van der Waals surface area (Å²) in [7, 11) is 0. The second kappa shape index (κ2) is 8.41. The summed E-state index contributed by atoms with van der Waals surface area (Å²) < 4.78 is 5.52. The minimum absolute atomic E-state index is 0.137. The fourth-order valence-corrected chi connectivity index (χ4v) is 2.11. The Labute approximate surface area is 147 Å². The highest BCUT2D eigenvalue weighted by Gasteiger charge is 2.04. The number of aryl methyl sites for hydroxylation is 1. The topological polar surface area (TPSA) is 50.4 Å². The van der Waals surface area contributed by atoms with Gasteiger partial charge < -0.3 is 15.4 Å². The molecule has 0 heterocycles. The monoisotopic (exact) mass is 344 g/mol. The molecule has 5 heteroatoms. The zero-order valence-corrected chi connectivity index (χ0v) is 14.6. The van der Waals surface area contributed by atoms with E-state index in [0.717, 1.165) is 22.6 Å². The largest absolute Gasteiger partial charge is 0.489 e. The van der Waals surface area contributed by atoms with Crippen molar-refractivity contribution < 1.29 is 9.53 Å². The highest BCUT2D eigenvalue weighted by atomic mass is 35.5. The van der Waals surface area contributed by atoms with Gasteiger partial charge in [0.2, 0.25) is 5.91 Å². The van der Waals surface area contributed by atoms with Crippen LogP contribution in [0, 0.1) is 6.92 Å². The summed E-state index contributed by atoms with van der Waals surface area (Å²) in [4.78, 5) is 12.0. The Morgan fingerprint density at radius 1 is 1.17 bits per heavy atom. The summed E-state index contributed by atoms with van der Waals surface area (Å²) in [5.41, 5.74) is 3.48. The molecule has 2 rings (SSSR count). The summed E-state index contributed by atoms with van der Waals surface area (Å²) in [6, 6.07) is 12.8. The Hall–Kier alpha value is -2.46. The van der Waals surface area contributed by atoms with Crippen molar-refractivity contribution in [3.05, 3.63) is 65.2 Å². The lowest BCUT2D eigenvalue weighted by Gasteiger charge is -2.10. The first kappa shape index (κ1) is 17.9. The number of benzene rings is 2. The van der Waals surface area contributed by atoms with Gasteiger partial charge in [-0.25, -0.2) is 0 Å². The summed E-state index contributed by atoms with van der Waals surface area (Å²) in [6.07, 6.45) is 0. The molecule has 24 heavy (non-hydrogen) atoms. The molecule has 126 valence electrons. The molecule has 2 aromatic rings. The quantitative estimate of drug-likeness (QED) is 0.718. The van der Waals surface area contributed by atoms with Crippen molar-refractivity contribution in [2.45, 2.75) is 13.8 Å². The first-order valence-electron chi connectivity index (χ1n) is 7.61. The van der Waals surface area contributed by atoms with Gasteiger partial charge in [-0.3, -0.25) is 4.79 Å². The van der Waals surface area contributed by atoms with Crippen LogP contribution in [0.25, 0.3) is 0 Å². The lowest BCUT2D eigenvalue weighted by molar-refractivity contribution is -0.114. The van der Waals surface area contributed by atoms with Crippen molar-refractivity contribution in [2.24, 2.45) is 0 Å². The normalized spacial score (nSPS) is 10.1. The molecule has 0 radical (unpaired) electrons. The van der Waals surface area contributed by atoms with Gasteiger partial charge in [0.05, 0.1) is 6.54 Å². The van der Waals surface area contributed by atoms with Crippen LogP contribution in [0.2, 0.25) is 5.02 Å². The maximum Gasteiger partial charge on any atom is 0.243 e. The van der Waals surface area contributed by atoms with Crippen LogP contribution in [0.1, 0.15) is 12.5 Å². The zero-order chi connectivity index (χ0) is 17.5. The van der Waals surface area contributed by atoms with E-state index in [-0.39, 0.29) is 12.5 Å². The minimum atomic E-state index is -0.137. The van der Waals surface area contributed by atoms with Gasteiger partial charge in [0, 0.05) is 16.4 Å². The minimum Gasteiger partial charge on any atom is -0.489 e. The maximum atomic E-state index is 12.0. The van der Waals surface area contributed by atoms with Crippen molar-refractivity contribution in [2.75, 3.05) is 23.8 Å². The van der Waals surface area contributed by atoms with Gasteiger partial charge in [-0.1, -0.05) is 24.2 Å². The molecule has 0 aliphatic heterocycles. The van der Waals surface area contributed by atoms with E-state index in [1.165, 1.54) is 0 Å². The van der Waals surface area contributed by atoms with E-state index in [4.69, 9.17) is 16.3 Å². The average molecular weight is 345 g/mol.